The van der Waals surface area contributed by atoms with E-state index in [0.717, 1.165) is 16.0 Å². The maximum absolute atomic E-state index is 14.4. The van der Waals surface area contributed by atoms with Crippen molar-refractivity contribution in [3.63, 3.8) is 0 Å². The maximum Gasteiger partial charge on any atom is 0.326 e. The largest absolute Gasteiger partial charge is 0.480 e. The quantitative estimate of drug-likeness (QED) is 0.0187. The van der Waals surface area contributed by atoms with Crippen LogP contribution in [-0.2, 0) is 75.3 Å². The van der Waals surface area contributed by atoms with Gasteiger partial charge in [0, 0.05) is 32.4 Å². The number of amides is 8. The molecule has 0 bridgehead atoms. The Morgan fingerprint density at radius 2 is 1.07 bits per heavy atom. The fraction of sp³-hybridized carbons (Fsp3) is 0.414. The van der Waals surface area contributed by atoms with E-state index in [9.17, 15) is 58.5 Å². The Morgan fingerprint density at radius 3 is 1.56 bits per heavy atom. The third-order valence-electron chi connectivity index (χ3n) is 14.8. The predicted octanol–water partition coefficient (Wildman–Crippen LogP) is -1.82. The van der Waals surface area contributed by atoms with E-state index in [1.165, 1.54) is 4.90 Å². The van der Waals surface area contributed by atoms with Crippen LogP contribution in [0.2, 0.25) is 0 Å². The summed E-state index contributed by atoms with van der Waals surface area (Å²) in [5.41, 5.74) is 19.9. The third-order valence-corrected chi connectivity index (χ3v) is 14.8. The molecule has 4 aromatic rings. The van der Waals surface area contributed by atoms with Crippen LogP contribution in [0.5, 0.6) is 0 Å². The molecule has 8 atom stereocenters. The summed E-state index contributed by atoms with van der Waals surface area (Å²) in [4.78, 5) is 131. The average molecular weight is 1130 g/mol. The Bertz CT molecular complexity index is 2920. The molecule has 3 aliphatic rings. The Balaban J connectivity index is 1.00. The molecule has 8 amide bonds. The molecule has 2 heterocycles. The fourth-order valence-electron chi connectivity index (χ4n) is 10.6. The van der Waals surface area contributed by atoms with Gasteiger partial charge in [-0.05, 0) is 79.2 Å². The van der Waals surface area contributed by atoms with Crippen molar-refractivity contribution in [3.8, 4) is 0 Å². The summed E-state index contributed by atoms with van der Waals surface area (Å²) in [6.45, 7) is -1.30. The topological polar surface area (TPSA) is 383 Å². The van der Waals surface area contributed by atoms with Gasteiger partial charge in [0.15, 0.2) is 5.96 Å². The summed E-state index contributed by atoms with van der Waals surface area (Å²) in [6, 6.07) is 23.8. The number of guanidine groups is 1. The lowest BCUT2D eigenvalue weighted by Gasteiger charge is -2.36. The zero-order valence-electron chi connectivity index (χ0n) is 45.3. The molecular weight excluding hydrogens is 1060 g/mol. The van der Waals surface area contributed by atoms with Gasteiger partial charge in [0.05, 0.1) is 13.2 Å². The minimum atomic E-state index is -1.71. The number of aliphatic hydroxyl groups is 2. The average Bonchev–Trinajstić information content (AvgIpc) is 4.42. The molecular formula is C58H72N12O12. The number of hydrogen-bond acceptors (Lipinski definition) is 13. The Morgan fingerprint density at radius 1 is 0.610 bits per heavy atom. The molecule has 436 valence electrons. The molecule has 0 aromatic heterocycles. The lowest BCUT2D eigenvalue weighted by molar-refractivity contribution is -0.155. The molecule has 24 nitrogen and oxygen atoms in total. The fourth-order valence-corrected chi connectivity index (χ4v) is 10.6. The van der Waals surface area contributed by atoms with Crippen molar-refractivity contribution in [1.29, 1.82) is 0 Å². The number of carboxylic acids is 1. The van der Waals surface area contributed by atoms with Crippen molar-refractivity contribution >= 4 is 59.2 Å². The molecule has 0 spiro atoms. The number of carbonyl (C=O) groups excluding carboxylic acids is 8. The number of aliphatic carboxylic acids is 1. The molecule has 2 saturated heterocycles. The van der Waals surface area contributed by atoms with Crippen molar-refractivity contribution in [2.45, 2.75) is 125 Å². The van der Waals surface area contributed by atoms with Gasteiger partial charge in [-0.1, -0.05) is 115 Å². The van der Waals surface area contributed by atoms with Crippen LogP contribution >= 0.6 is 0 Å². The van der Waals surface area contributed by atoms with Crippen LogP contribution in [0.4, 0.5) is 0 Å². The van der Waals surface area contributed by atoms with Crippen LogP contribution in [0.15, 0.2) is 120 Å². The number of benzene rings is 4. The number of nitrogens with zero attached hydrogens (tertiary/aromatic N) is 3. The zero-order chi connectivity index (χ0) is 58.9. The van der Waals surface area contributed by atoms with Gasteiger partial charge in [-0.2, -0.15) is 0 Å². The number of carboxylic acid groups (broad SMARTS) is 1. The molecule has 0 saturated carbocycles. The van der Waals surface area contributed by atoms with Gasteiger partial charge in [-0.25, -0.2) is 4.79 Å². The second-order valence-corrected chi connectivity index (χ2v) is 20.9. The van der Waals surface area contributed by atoms with Gasteiger partial charge >= 0.3 is 5.97 Å². The molecule has 7 rings (SSSR count). The minimum absolute atomic E-state index is 0.0503. The zero-order valence-corrected chi connectivity index (χ0v) is 45.3. The number of carbonyl (C=O) groups is 9. The Kier molecular flexibility index (Phi) is 21.2. The van der Waals surface area contributed by atoms with E-state index in [1.54, 1.807) is 91.0 Å². The van der Waals surface area contributed by atoms with Crippen LogP contribution in [0, 0.1) is 0 Å². The first-order valence-corrected chi connectivity index (χ1v) is 27.3. The standard InChI is InChI=1S/C58H72N12O12/c59-57(60)62-26-12-22-40(55(80)81)65-50(75)42(29-36-16-6-2-7-17-36)66-51(76)43(30-37-18-8-3-9-19-37)67-52(77)44(34-71)68-49(74)41(28-35-14-4-1-5-15-35)64-47(72)33-63-53(78)45-24-25-48(73)70(45)54(79)46-23-13-27-69(46)56(82)58(61)31-38-20-10-11-21-39(38)32-58/h1-11,14-21,40-46,48,71,73H,12-13,22-34,61H2,(H,63,78)(H,64,72)(H,65,75)(H,66,76)(H,67,77)(H,68,74)(H,80,81)(H4,59,60,62)/t40-,41-,42-,43+,44-,45?,46-,48?/m0/s1. The molecule has 24 heteroatoms. The first-order valence-electron chi connectivity index (χ1n) is 27.3. The second-order valence-electron chi connectivity index (χ2n) is 20.9. The SMILES string of the molecule is NC(N)=NCCC[C@H](NC(=O)[C@H](Cc1ccccc1)NC(=O)[C@@H](Cc1ccccc1)NC(=O)[C@H](CO)NC(=O)[C@H](Cc1ccccc1)NC(=O)CNC(=O)C1CCC(O)N1C(=O)[C@@H]1CCCN1C(=O)C1(N)Cc2ccccc2C1)C(=O)O. The molecule has 2 fully saturated rings. The number of nitrogens with one attached hydrogen (secondary N) is 6. The van der Waals surface area contributed by atoms with Crippen molar-refractivity contribution in [2.75, 3.05) is 26.2 Å². The molecule has 82 heavy (non-hydrogen) atoms. The summed E-state index contributed by atoms with van der Waals surface area (Å²) in [7, 11) is 0. The van der Waals surface area contributed by atoms with E-state index in [2.05, 4.69) is 36.9 Å². The van der Waals surface area contributed by atoms with E-state index in [0.29, 0.717) is 42.4 Å². The first-order chi connectivity index (χ1) is 39.3. The normalized spacial score (nSPS) is 18.7. The van der Waals surface area contributed by atoms with Crippen molar-refractivity contribution in [1.82, 2.24) is 41.7 Å². The highest BCUT2D eigenvalue weighted by molar-refractivity contribution is 5.98. The van der Waals surface area contributed by atoms with Crippen molar-refractivity contribution in [3.05, 3.63) is 143 Å². The van der Waals surface area contributed by atoms with Crippen LogP contribution in [0.3, 0.4) is 0 Å². The van der Waals surface area contributed by atoms with Crippen LogP contribution < -0.4 is 49.1 Å². The monoisotopic (exact) mass is 1130 g/mol. The van der Waals surface area contributed by atoms with E-state index >= 15 is 0 Å². The highest BCUT2D eigenvalue weighted by Crippen LogP contribution is 2.34. The summed E-state index contributed by atoms with van der Waals surface area (Å²) in [6.07, 6.45) is -0.0588. The highest BCUT2D eigenvalue weighted by Gasteiger charge is 2.50. The Hall–Kier alpha value is -8.74. The lowest BCUT2D eigenvalue weighted by atomic mass is 9.94. The summed E-state index contributed by atoms with van der Waals surface area (Å²) in [5, 5.41) is 46.9. The maximum atomic E-state index is 14.4. The van der Waals surface area contributed by atoms with Crippen LogP contribution in [-0.4, -0.2) is 165 Å². The minimum Gasteiger partial charge on any atom is -0.480 e. The van der Waals surface area contributed by atoms with Crippen molar-refractivity contribution in [2.24, 2.45) is 22.2 Å². The molecule has 4 aromatic carbocycles. The second kappa shape index (κ2) is 28.6. The summed E-state index contributed by atoms with van der Waals surface area (Å²) in [5.74, 6) is -7.80. The third kappa shape index (κ3) is 16.2. The van der Waals surface area contributed by atoms with E-state index < -0.39 is 120 Å². The smallest absolute Gasteiger partial charge is 0.326 e. The van der Waals surface area contributed by atoms with E-state index in [4.69, 9.17) is 17.2 Å². The summed E-state index contributed by atoms with van der Waals surface area (Å²) < 4.78 is 0. The van der Waals surface area contributed by atoms with Crippen LogP contribution in [0.1, 0.15) is 66.3 Å². The molecule has 1 aliphatic carbocycles. The van der Waals surface area contributed by atoms with E-state index in [-0.39, 0.29) is 64.0 Å². The highest BCUT2D eigenvalue weighted by atomic mass is 16.4. The molecule has 2 aliphatic heterocycles. The van der Waals surface area contributed by atoms with Gasteiger partial charge < -0.3 is 74.2 Å². The van der Waals surface area contributed by atoms with Gasteiger partial charge in [0.2, 0.25) is 47.3 Å². The van der Waals surface area contributed by atoms with Gasteiger partial charge in [-0.15, -0.1) is 0 Å². The number of nitrogens with two attached hydrogens (primary N) is 3. The number of aliphatic imine (C=N–C) groups is 1. The van der Waals surface area contributed by atoms with Crippen molar-refractivity contribution < 1.29 is 58.5 Å². The van der Waals surface area contributed by atoms with Gasteiger partial charge in [0.25, 0.3) is 0 Å². The molecule has 0 radical (unpaired) electrons. The number of rotatable bonds is 26. The van der Waals surface area contributed by atoms with Crippen LogP contribution in [0.25, 0.3) is 0 Å². The number of aliphatic hydroxyl groups excluding tert-OH is 2. The summed E-state index contributed by atoms with van der Waals surface area (Å²) >= 11 is 0. The number of hydrogen-bond donors (Lipinski definition) is 12. The van der Waals surface area contributed by atoms with Gasteiger partial charge in [0.1, 0.15) is 54.1 Å². The van der Waals surface area contributed by atoms with E-state index in [1.807, 2.05) is 24.3 Å². The lowest BCUT2D eigenvalue weighted by Crippen LogP contribution is -2.61. The molecule has 2 unspecified atom stereocenters. The Labute approximate surface area is 474 Å². The first kappa shape index (κ1) is 60.9. The number of likely N-dealkylation sites (tertiary alicyclic amines) is 2. The number of fused-ring (bicyclic) bond motifs is 1. The molecule has 15 N–H and O–H groups in total. The predicted molar refractivity (Wildman–Crippen MR) is 299 cm³/mol. The van der Waals surface area contributed by atoms with Gasteiger partial charge in [-0.3, -0.25) is 43.3 Å².